The molecule has 0 fully saturated rings. The molecule has 1 aromatic heterocycles. The standard InChI is InChI=1S/C15H22FN3/c1-4-9-15(3,17)14-18-13-11(16)7-6-8-12(13)19(14)10-5-2/h6-8H,4-5,9-10,17H2,1-3H3. The zero-order valence-electron chi connectivity index (χ0n) is 11.9. The second-order valence-electron chi connectivity index (χ2n) is 5.36. The summed E-state index contributed by atoms with van der Waals surface area (Å²) in [6.45, 7) is 6.98. The molecule has 0 saturated heterocycles. The Morgan fingerprint density at radius 3 is 2.68 bits per heavy atom. The molecule has 2 aromatic rings. The number of hydrogen-bond acceptors (Lipinski definition) is 2. The van der Waals surface area contributed by atoms with E-state index in [0.717, 1.165) is 37.1 Å². The molecule has 0 spiro atoms. The number of nitrogens with two attached hydrogens (primary N) is 1. The molecule has 0 aliphatic heterocycles. The van der Waals surface area contributed by atoms with E-state index in [9.17, 15) is 4.39 Å². The molecule has 19 heavy (non-hydrogen) atoms. The highest BCUT2D eigenvalue weighted by Gasteiger charge is 2.27. The third-order valence-corrected chi connectivity index (χ3v) is 3.46. The fourth-order valence-corrected chi connectivity index (χ4v) is 2.63. The smallest absolute Gasteiger partial charge is 0.151 e. The van der Waals surface area contributed by atoms with E-state index in [1.165, 1.54) is 6.07 Å². The van der Waals surface area contributed by atoms with Gasteiger partial charge in [-0.25, -0.2) is 9.37 Å². The van der Waals surface area contributed by atoms with Gasteiger partial charge in [0.2, 0.25) is 0 Å². The molecule has 4 heteroatoms. The van der Waals surface area contributed by atoms with E-state index >= 15 is 0 Å². The Morgan fingerprint density at radius 2 is 2.05 bits per heavy atom. The zero-order chi connectivity index (χ0) is 14.0. The molecule has 1 heterocycles. The average molecular weight is 263 g/mol. The van der Waals surface area contributed by atoms with Crippen LogP contribution in [0.3, 0.4) is 0 Å². The lowest BCUT2D eigenvalue weighted by Gasteiger charge is -2.24. The third kappa shape index (κ3) is 2.50. The first-order valence-electron chi connectivity index (χ1n) is 6.95. The first kappa shape index (κ1) is 14.0. The van der Waals surface area contributed by atoms with Crippen LogP contribution >= 0.6 is 0 Å². The van der Waals surface area contributed by atoms with Gasteiger partial charge in [-0.3, -0.25) is 0 Å². The summed E-state index contributed by atoms with van der Waals surface area (Å²) in [6, 6.07) is 5.08. The van der Waals surface area contributed by atoms with Crippen molar-refractivity contribution in [3.63, 3.8) is 0 Å². The molecule has 104 valence electrons. The van der Waals surface area contributed by atoms with E-state index in [0.29, 0.717) is 5.52 Å². The summed E-state index contributed by atoms with van der Waals surface area (Å²) in [5.74, 6) is 0.511. The maximum Gasteiger partial charge on any atom is 0.151 e. The minimum absolute atomic E-state index is 0.277. The van der Waals surface area contributed by atoms with Crippen LogP contribution in [0.4, 0.5) is 4.39 Å². The van der Waals surface area contributed by atoms with Crippen molar-refractivity contribution in [2.75, 3.05) is 0 Å². The molecular formula is C15H22FN3. The molecule has 1 aromatic carbocycles. The van der Waals surface area contributed by atoms with Crippen molar-refractivity contribution < 1.29 is 4.39 Å². The van der Waals surface area contributed by atoms with Crippen LogP contribution in [-0.2, 0) is 12.1 Å². The molecule has 0 aliphatic carbocycles. The zero-order valence-corrected chi connectivity index (χ0v) is 11.9. The van der Waals surface area contributed by atoms with Gasteiger partial charge >= 0.3 is 0 Å². The summed E-state index contributed by atoms with van der Waals surface area (Å²) in [4.78, 5) is 4.48. The molecule has 2 N–H and O–H groups in total. The van der Waals surface area contributed by atoms with Crippen LogP contribution in [0, 0.1) is 5.82 Å². The van der Waals surface area contributed by atoms with E-state index in [2.05, 4.69) is 23.4 Å². The summed E-state index contributed by atoms with van der Waals surface area (Å²) < 4.78 is 15.9. The number of aromatic nitrogens is 2. The van der Waals surface area contributed by atoms with Crippen molar-refractivity contribution in [2.45, 2.75) is 52.1 Å². The number of aryl methyl sites for hydroxylation is 1. The Balaban J connectivity index is 2.65. The highest BCUT2D eigenvalue weighted by molar-refractivity contribution is 5.77. The maximum atomic E-state index is 13.9. The third-order valence-electron chi connectivity index (χ3n) is 3.46. The van der Waals surface area contributed by atoms with Crippen molar-refractivity contribution in [3.8, 4) is 0 Å². The highest BCUT2D eigenvalue weighted by Crippen LogP contribution is 2.28. The van der Waals surface area contributed by atoms with Crippen LogP contribution < -0.4 is 5.73 Å². The number of hydrogen-bond donors (Lipinski definition) is 1. The topological polar surface area (TPSA) is 43.8 Å². The van der Waals surface area contributed by atoms with Crippen molar-refractivity contribution >= 4 is 11.0 Å². The lowest BCUT2D eigenvalue weighted by atomic mass is 9.96. The first-order chi connectivity index (χ1) is 9.01. The van der Waals surface area contributed by atoms with Gasteiger partial charge in [-0.15, -0.1) is 0 Å². The Morgan fingerprint density at radius 1 is 1.32 bits per heavy atom. The second kappa shape index (κ2) is 5.29. The summed E-state index contributed by atoms with van der Waals surface area (Å²) in [5.41, 5.74) is 7.14. The molecule has 0 amide bonds. The van der Waals surface area contributed by atoms with Gasteiger partial charge in [0, 0.05) is 6.54 Å². The van der Waals surface area contributed by atoms with Crippen molar-refractivity contribution in [1.29, 1.82) is 0 Å². The molecule has 0 radical (unpaired) electrons. The predicted molar refractivity (Wildman–Crippen MR) is 76.4 cm³/mol. The normalized spacial score (nSPS) is 14.8. The first-order valence-corrected chi connectivity index (χ1v) is 6.95. The van der Waals surface area contributed by atoms with Gasteiger partial charge in [-0.05, 0) is 31.9 Å². The monoisotopic (exact) mass is 263 g/mol. The molecule has 0 aliphatic rings. The van der Waals surface area contributed by atoms with Gasteiger partial charge in [0.15, 0.2) is 5.82 Å². The van der Waals surface area contributed by atoms with Crippen molar-refractivity contribution in [3.05, 3.63) is 29.8 Å². The van der Waals surface area contributed by atoms with Gasteiger partial charge in [-0.1, -0.05) is 26.3 Å². The number of nitrogens with zero attached hydrogens (tertiary/aromatic N) is 2. The van der Waals surface area contributed by atoms with Crippen LogP contribution in [0.15, 0.2) is 18.2 Å². The van der Waals surface area contributed by atoms with Gasteiger partial charge in [0.05, 0.1) is 11.1 Å². The van der Waals surface area contributed by atoms with Crippen LogP contribution in [0.2, 0.25) is 0 Å². The highest BCUT2D eigenvalue weighted by atomic mass is 19.1. The Hall–Kier alpha value is -1.42. The molecule has 1 atom stereocenters. The fourth-order valence-electron chi connectivity index (χ4n) is 2.63. The van der Waals surface area contributed by atoms with Gasteiger partial charge in [0.1, 0.15) is 11.3 Å². The predicted octanol–water partition coefficient (Wildman–Crippen LogP) is 3.56. The number of benzene rings is 1. The van der Waals surface area contributed by atoms with Gasteiger partial charge < -0.3 is 10.3 Å². The van der Waals surface area contributed by atoms with Crippen LogP contribution in [0.1, 0.15) is 45.9 Å². The molecule has 1 unspecified atom stereocenters. The Kier molecular flexibility index (Phi) is 3.90. The van der Waals surface area contributed by atoms with Crippen molar-refractivity contribution in [1.82, 2.24) is 9.55 Å². The van der Waals surface area contributed by atoms with Gasteiger partial charge in [-0.2, -0.15) is 0 Å². The minimum atomic E-state index is -0.518. The van der Waals surface area contributed by atoms with E-state index in [-0.39, 0.29) is 5.82 Å². The van der Waals surface area contributed by atoms with Gasteiger partial charge in [0.25, 0.3) is 0 Å². The van der Waals surface area contributed by atoms with E-state index in [1.54, 1.807) is 6.07 Å². The van der Waals surface area contributed by atoms with Crippen LogP contribution in [0.5, 0.6) is 0 Å². The number of halogens is 1. The van der Waals surface area contributed by atoms with E-state index in [4.69, 9.17) is 5.73 Å². The quantitative estimate of drug-likeness (QED) is 0.896. The molecule has 2 rings (SSSR count). The number of fused-ring (bicyclic) bond motifs is 1. The minimum Gasteiger partial charge on any atom is -0.326 e. The SMILES string of the molecule is CCCn1c(C(C)(N)CCC)nc2c(F)cccc21. The molecule has 0 saturated carbocycles. The fraction of sp³-hybridized carbons (Fsp3) is 0.533. The van der Waals surface area contributed by atoms with Crippen LogP contribution in [0.25, 0.3) is 11.0 Å². The summed E-state index contributed by atoms with van der Waals surface area (Å²) >= 11 is 0. The maximum absolute atomic E-state index is 13.9. The molecule has 3 nitrogen and oxygen atoms in total. The summed E-state index contributed by atoms with van der Waals surface area (Å²) in [7, 11) is 0. The number of para-hydroxylation sites is 1. The Labute approximate surface area is 113 Å². The average Bonchev–Trinajstić information content (AvgIpc) is 2.71. The van der Waals surface area contributed by atoms with Crippen LogP contribution in [-0.4, -0.2) is 9.55 Å². The largest absolute Gasteiger partial charge is 0.326 e. The van der Waals surface area contributed by atoms with E-state index in [1.807, 2.05) is 13.0 Å². The number of imidazole rings is 1. The van der Waals surface area contributed by atoms with E-state index < -0.39 is 5.54 Å². The molecule has 0 bridgehead atoms. The summed E-state index contributed by atoms with van der Waals surface area (Å²) in [5, 5.41) is 0. The molecular weight excluding hydrogens is 241 g/mol. The Bertz CT molecular complexity index is 572. The lowest BCUT2D eigenvalue weighted by molar-refractivity contribution is 0.400. The second-order valence-corrected chi connectivity index (χ2v) is 5.36. The number of rotatable bonds is 5. The lowest BCUT2D eigenvalue weighted by Crippen LogP contribution is -2.36. The summed E-state index contributed by atoms with van der Waals surface area (Å²) in [6.07, 6.45) is 2.78. The van der Waals surface area contributed by atoms with Crippen molar-refractivity contribution in [2.24, 2.45) is 5.73 Å².